The highest BCUT2D eigenvalue weighted by Gasteiger charge is 2.41. The molecule has 0 N–H and O–H groups in total. The van der Waals surface area contributed by atoms with E-state index >= 15 is 0 Å². The maximum Gasteiger partial charge on any atom is 0.145 e. The van der Waals surface area contributed by atoms with Gasteiger partial charge in [0.25, 0.3) is 0 Å². The molecule has 0 saturated carbocycles. The smallest absolute Gasteiger partial charge is 0.145 e. The standard InChI is InChI=1S/C21H40OSi/c1-8-9-10-20(21-11-14-22-15-12-21)13-16-23(17(2)3,18(4)5)19(6)7/h17-21H,8-12,14-15H2,1-7H3. The molecule has 0 aromatic carbocycles. The van der Waals surface area contributed by atoms with E-state index in [0.29, 0.717) is 5.92 Å². The molecule has 23 heavy (non-hydrogen) atoms. The van der Waals surface area contributed by atoms with Crippen molar-refractivity contribution in [2.45, 2.75) is 97.2 Å². The number of hydrogen-bond acceptors (Lipinski definition) is 1. The van der Waals surface area contributed by atoms with Crippen LogP contribution in [0.4, 0.5) is 0 Å². The fourth-order valence-electron chi connectivity index (χ4n) is 4.62. The highest BCUT2D eigenvalue weighted by Crippen LogP contribution is 2.41. The van der Waals surface area contributed by atoms with E-state index in [2.05, 4.69) is 59.9 Å². The van der Waals surface area contributed by atoms with Crippen LogP contribution in [0.15, 0.2) is 0 Å². The van der Waals surface area contributed by atoms with Crippen molar-refractivity contribution in [2.24, 2.45) is 11.8 Å². The Hall–Kier alpha value is -0.263. The van der Waals surface area contributed by atoms with Gasteiger partial charge in [-0.15, -0.1) is 11.5 Å². The number of ether oxygens (including phenoxy) is 1. The maximum absolute atomic E-state index is 5.57. The van der Waals surface area contributed by atoms with E-state index in [1.807, 2.05) is 0 Å². The fraction of sp³-hybridized carbons (Fsp3) is 0.905. The van der Waals surface area contributed by atoms with E-state index in [4.69, 9.17) is 4.74 Å². The molecule has 1 unspecified atom stereocenters. The summed E-state index contributed by atoms with van der Waals surface area (Å²) in [4.78, 5) is 0. The molecule has 0 bridgehead atoms. The van der Waals surface area contributed by atoms with Crippen molar-refractivity contribution >= 4 is 8.07 Å². The van der Waals surface area contributed by atoms with Crippen molar-refractivity contribution in [3.05, 3.63) is 0 Å². The SMILES string of the molecule is CCCCC(C#C[Si](C(C)C)(C(C)C)C(C)C)C1CCOCC1. The van der Waals surface area contributed by atoms with Crippen LogP contribution in [-0.2, 0) is 4.74 Å². The Morgan fingerprint density at radius 3 is 1.91 bits per heavy atom. The molecule has 0 radical (unpaired) electrons. The summed E-state index contributed by atoms with van der Waals surface area (Å²) in [5.41, 5.74) is 6.18. The van der Waals surface area contributed by atoms with Gasteiger partial charge < -0.3 is 4.74 Å². The van der Waals surface area contributed by atoms with Crippen LogP contribution in [0.25, 0.3) is 0 Å². The zero-order chi connectivity index (χ0) is 17.5. The molecular formula is C21H40OSi. The summed E-state index contributed by atoms with van der Waals surface area (Å²) in [5.74, 6) is 5.23. The van der Waals surface area contributed by atoms with Gasteiger partial charge in [-0.3, -0.25) is 0 Å². The highest BCUT2D eigenvalue weighted by molar-refractivity contribution is 6.90. The van der Waals surface area contributed by atoms with Gasteiger partial charge in [0, 0.05) is 19.1 Å². The van der Waals surface area contributed by atoms with Crippen molar-refractivity contribution in [2.75, 3.05) is 13.2 Å². The molecule has 134 valence electrons. The Bertz CT molecular complexity index is 361. The monoisotopic (exact) mass is 336 g/mol. The molecule has 1 saturated heterocycles. The van der Waals surface area contributed by atoms with Crippen LogP contribution in [0.3, 0.4) is 0 Å². The third-order valence-electron chi connectivity index (χ3n) is 6.04. The van der Waals surface area contributed by atoms with E-state index < -0.39 is 8.07 Å². The zero-order valence-electron chi connectivity index (χ0n) is 16.7. The van der Waals surface area contributed by atoms with Gasteiger partial charge >= 0.3 is 0 Å². The van der Waals surface area contributed by atoms with E-state index in [0.717, 1.165) is 35.8 Å². The van der Waals surface area contributed by atoms with Crippen LogP contribution < -0.4 is 0 Å². The molecular weight excluding hydrogens is 296 g/mol. The molecule has 1 nitrogen and oxygen atoms in total. The molecule has 0 aromatic rings. The second kappa shape index (κ2) is 9.89. The van der Waals surface area contributed by atoms with Crippen LogP contribution in [-0.4, -0.2) is 21.3 Å². The van der Waals surface area contributed by atoms with Crippen molar-refractivity contribution in [1.82, 2.24) is 0 Å². The van der Waals surface area contributed by atoms with Crippen LogP contribution in [0.2, 0.25) is 16.6 Å². The molecule has 2 heteroatoms. The Morgan fingerprint density at radius 1 is 0.957 bits per heavy atom. The predicted octanol–water partition coefficient (Wildman–Crippen LogP) is 6.44. The van der Waals surface area contributed by atoms with Gasteiger partial charge in [0.2, 0.25) is 0 Å². The van der Waals surface area contributed by atoms with E-state index in [9.17, 15) is 0 Å². The minimum absolute atomic E-state index is 0.599. The molecule has 1 aliphatic rings. The van der Waals surface area contributed by atoms with Gasteiger partial charge in [-0.25, -0.2) is 0 Å². The third-order valence-corrected chi connectivity index (χ3v) is 12.4. The summed E-state index contributed by atoms with van der Waals surface area (Å²) >= 11 is 0. The minimum atomic E-state index is -1.59. The minimum Gasteiger partial charge on any atom is -0.381 e. The average molecular weight is 337 g/mol. The summed E-state index contributed by atoms with van der Waals surface area (Å²) in [6.45, 7) is 18.7. The largest absolute Gasteiger partial charge is 0.381 e. The van der Waals surface area contributed by atoms with E-state index in [1.54, 1.807) is 0 Å². The van der Waals surface area contributed by atoms with Crippen molar-refractivity contribution in [3.8, 4) is 11.5 Å². The van der Waals surface area contributed by atoms with Gasteiger partial charge in [0.1, 0.15) is 8.07 Å². The first-order valence-corrected chi connectivity index (χ1v) is 12.2. The topological polar surface area (TPSA) is 9.23 Å². The summed E-state index contributed by atoms with van der Waals surface area (Å²) in [7, 11) is -1.59. The lowest BCUT2D eigenvalue weighted by atomic mass is 9.83. The van der Waals surface area contributed by atoms with Crippen molar-refractivity contribution in [3.63, 3.8) is 0 Å². The van der Waals surface area contributed by atoms with Gasteiger partial charge in [-0.1, -0.05) is 61.3 Å². The van der Waals surface area contributed by atoms with Crippen LogP contribution >= 0.6 is 0 Å². The van der Waals surface area contributed by atoms with Gasteiger partial charge in [-0.2, -0.15) is 0 Å². The molecule has 1 fully saturated rings. The van der Waals surface area contributed by atoms with E-state index in [1.165, 1.54) is 32.1 Å². The molecule has 0 aliphatic carbocycles. The quantitative estimate of drug-likeness (QED) is 0.384. The first-order chi connectivity index (χ1) is 10.9. The summed E-state index contributed by atoms with van der Waals surface area (Å²) in [5, 5.41) is 0. The second-order valence-electron chi connectivity index (χ2n) is 8.36. The Balaban J connectivity index is 3.05. The van der Waals surface area contributed by atoms with Crippen LogP contribution in [0.5, 0.6) is 0 Å². The number of hydrogen-bond donors (Lipinski definition) is 0. The summed E-state index contributed by atoms with van der Waals surface area (Å²) in [6, 6.07) is 0. The molecule has 1 atom stereocenters. The molecule has 0 amide bonds. The Kier molecular flexibility index (Phi) is 8.94. The van der Waals surface area contributed by atoms with Gasteiger partial charge in [0.15, 0.2) is 0 Å². The maximum atomic E-state index is 5.57. The third kappa shape index (κ3) is 5.36. The summed E-state index contributed by atoms with van der Waals surface area (Å²) in [6.07, 6.45) is 6.30. The zero-order valence-corrected chi connectivity index (χ0v) is 17.7. The first-order valence-electron chi connectivity index (χ1n) is 9.96. The normalized spacial score (nSPS) is 18.3. The Morgan fingerprint density at radius 2 is 1.48 bits per heavy atom. The first kappa shape index (κ1) is 20.8. The fourth-order valence-corrected chi connectivity index (χ4v) is 9.92. The molecule has 1 aliphatic heterocycles. The van der Waals surface area contributed by atoms with Crippen LogP contribution in [0, 0.1) is 23.3 Å². The molecule has 1 heterocycles. The number of rotatable bonds is 7. The lowest BCUT2D eigenvalue weighted by Gasteiger charge is -2.38. The highest BCUT2D eigenvalue weighted by atomic mass is 28.3. The predicted molar refractivity (Wildman–Crippen MR) is 105 cm³/mol. The van der Waals surface area contributed by atoms with Gasteiger partial charge in [-0.05, 0) is 41.8 Å². The average Bonchev–Trinajstić information content (AvgIpc) is 2.50. The molecule has 1 rings (SSSR count). The lowest BCUT2D eigenvalue weighted by Crippen LogP contribution is -2.43. The van der Waals surface area contributed by atoms with Crippen molar-refractivity contribution < 1.29 is 4.74 Å². The number of unbranched alkanes of at least 4 members (excludes halogenated alkanes) is 1. The molecule has 0 aromatic heterocycles. The summed E-state index contributed by atoms with van der Waals surface area (Å²) < 4.78 is 5.57. The van der Waals surface area contributed by atoms with Crippen molar-refractivity contribution in [1.29, 1.82) is 0 Å². The van der Waals surface area contributed by atoms with Crippen LogP contribution in [0.1, 0.15) is 80.6 Å². The lowest BCUT2D eigenvalue weighted by molar-refractivity contribution is 0.0536. The Labute approximate surface area is 147 Å². The molecule has 0 spiro atoms. The second-order valence-corrected chi connectivity index (χ2v) is 13.9. The van der Waals surface area contributed by atoms with Gasteiger partial charge in [0.05, 0.1) is 0 Å². The van der Waals surface area contributed by atoms with E-state index in [-0.39, 0.29) is 0 Å².